The highest BCUT2D eigenvalue weighted by atomic mass is 15.1. The Bertz CT molecular complexity index is 3140. The van der Waals surface area contributed by atoms with Gasteiger partial charge in [-0.25, -0.2) is 0 Å². The molecular weight excluding hydrogens is 675 g/mol. The van der Waals surface area contributed by atoms with Crippen LogP contribution in [0, 0.1) is 0 Å². The molecule has 2 aliphatic rings. The maximum Gasteiger partial charge on any atom is 0.0725 e. The Morgan fingerprint density at radius 2 is 0.661 bits per heavy atom. The van der Waals surface area contributed by atoms with E-state index in [2.05, 4.69) is 217 Å². The molecule has 1 unspecified atom stereocenters. The Balaban J connectivity index is 1.09. The molecule has 0 amide bonds. The molecule has 1 nitrogen and oxygen atoms in total. The number of hydrogen-bond donors (Lipinski definition) is 0. The fraction of sp³-hybridized carbons (Fsp3) is 0.0182. The monoisotopic (exact) mass is 709 g/mol. The summed E-state index contributed by atoms with van der Waals surface area (Å²) in [5.41, 5.74) is 16.1. The average molecular weight is 710 g/mol. The smallest absolute Gasteiger partial charge is 0.0725 e. The van der Waals surface area contributed by atoms with Crippen molar-refractivity contribution in [3.8, 4) is 33.4 Å². The molecule has 0 heterocycles. The maximum absolute atomic E-state index is 2.55. The highest BCUT2D eigenvalue weighted by molar-refractivity contribution is 6.26. The first-order valence-corrected chi connectivity index (χ1v) is 19.5. The molecule has 0 bridgehead atoms. The van der Waals surface area contributed by atoms with Crippen molar-refractivity contribution in [2.45, 2.75) is 5.41 Å². The molecule has 0 aromatic heterocycles. The van der Waals surface area contributed by atoms with Gasteiger partial charge < -0.3 is 4.90 Å². The van der Waals surface area contributed by atoms with Crippen LogP contribution in [-0.2, 0) is 5.41 Å². The zero-order valence-electron chi connectivity index (χ0n) is 30.7. The molecule has 12 rings (SSSR count). The van der Waals surface area contributed by atoms with Crippen molar-refractivity contribution in [2.24, 2.45) is 0 Å². The van der Waals surface area contributed by atoms with Crippen molar-refractivity contribution in [1.29, 1.82) is 0 Å². The first-order valence-electron chi connectivity index (χ1n) is 19.5. The van der Waals surface area contributed by atoms with Crippen molar-refractivity contribution in [1.82, 2.24) is 0 Å². The van der Waals surface area contributed by atoms with Gasteiger partial charge in [-0.1, -0.05) is 158 Å². The van der Waals surface area contributed by atoms with Gasteiger partial charge in [0, 0.05) is 17.1 Å². The van der Waals surface area contributed by atoms with Gasteiger partial charge in [-0.2, -0.15) is 0 Å². The predicted octanol–water partition coefficient (Wildman–Crippen LogP) is 14.6. The minimum Gasteiger partial charge on any atom is -0.311 e. The lowest BCUT2D eigenvalue weighted by Gasteiger charge is -2.31. The summed E-state index contributed by atoms with van der Waals surface area (Å²) in [7, 11) is 0. The van der Waals surface area contributed by atoms with Crippen molar-refractivity contribution < 1.29 is 0 Å². The van der Waals surface area contributed by atoms with E-state index in [4.69, 9.17) is 0 Å². The van der Waals surface area contributed by atoms with E-state index in [1.807, 2.05) is 0 Å². The van der Waals surface area contributed by atoms with Crippen LogP contribution in [0.25, 0.3) is 65.7 Å². The molecule has 0 radical (unpaired) electrons. The molecule has 10 aromatic carbocycles. The molecule has 1 spiro atoms. The molecule has 1 heteroatoms. The van der Waals surface area contributed by atoms with Gasteiger partial charge in [-0.05, 0) is 143 Å². The summed E-state index contributed by atoms with van der Waals surface area (Å²) >= 11 is 0. The minimum atomic E-state index is -0.452. The summed E-state index contributed by atoms with van der Waals surface area (Å²) in [6.07, 6.45) is 0. The third kappa shape index (κ3) is 4.26. The van der Waals surface area contributed by atoms with Crippen LogP contribution in [0.5, 0.6) is 0 Å². The molecule has 56 heavy (non-hydrogen) atoms. The standard InChI is InChI=1S/C55H35N/c1-3-15-38(16-4-1)56(39-17-5-2-6-18-39)40-30-27-36(28-31-40)37-29-32-47-45-23-11-13-25-51(45)55(53(47)33-37)52-26-14-12-24-46(52)50-34-48-43-21-9-7-19-41(43)42-20-8-10-22-44(42)49(48)35-54(50)55/h1-35H. The van der Waals surface area contributed by atoms with Gasteiger partial charge in [-0.15, -0.1) is 0 Å². The van der Waals surface area contributed by atoms with Gasteiger partial charge in [0.25, 0.3) is 0 Å². The van der Waals surface area contributed by atoms with E-state index in [1.54, 1.807) is 0 Å². The topological polar surface area (TPSA) is 3.24 Å². The summed E-state index contributed by atoms with van der Waals surface area (Å²) in [6, 6.07) is 78.7. The van der Waals surface area contributed by atoms with E-state index in [0.717, 1.165) is 17.1 Å². The maximum atomic E-state index is 2.55. The van der Waals surface area contributed by atoms with Crippen LogP contribution in [-0.4, -0.2) is 0 Å². The molecule has 0 fully saturated rings. The molecular formula is C55H35N. The highest BCUT2D eigenvalue weighted by Gasteiger charge is 2.51. The van der Waals surface area contributed by atoms with Gasteiger partial charge in [0.15, 0.2) is 0 Å². The molecule has 0 saturated heterocycles. The van der Waals surface area contributed by atoms with Crippen LogP contribution in [0.1, 0.15) is 22.3 Å². The summed E-state index contributed by atoms with van der Waals surface area (Å²) in [6.45, 7) is 0. The molecule has 0 N–H and O–H groups in total. The molecule has 0 aliphatic heterocycles. The van der Waals surface area contributed by atoms with Crippen LogP contribution < -0.4 is 4.90 Å². The number of para-hydroxylation sites is 2. The SMILES string of the molecule is c1ccc(N(c2ccccc2)c2ccc(-c3ccc4c(c3)C3(c5ccccc5-4)c4ccccc4-c4cc5c6ccccc6c6ccccc6c5cc43)cc2)cc1. The molecule has 2 aliphatic carbocycles. The van der Waals surface area contributed by atoms with Gasteiger partial charge in [0.05, 0.1) is 5.41 Å². The molecule has 10 aromatic rings. The second-order valence-electron chi connectivity index (χ2n) is 15.2. The Morgan fingerprint density at radius 3 is 1.25 bits per heavy atom. The predicted molar refractivity (Wildman–Crippen MR) is 235 cm³/mol. The Morgan fingerprint density at radius 1 is 0.250 bits per heavy atom. The zero-order valence-corrected chi connectivity index (χ0v) is 30.7. The minimum absolute atomic E-state index is 0.452. The lowest BCUT2D eigenvalue weighted by atomic mass is 9.70. The Hall–Kier alpha value is -7.22. The summed E-state index contributed by atoms with van der Waals surface area (Å²) in [5.74, 6) is 0. The second kappa shape index (κ2) is 11.9. The summed E-state index contributed by atoms with van der Waals surface area (Å²) in [4.78, 5) is 2.32. The molecule has 1 atom stereocenters. The fourth-order valence-electron chi connectivity index (χ4n) is 10.1. The third-order valence-electron chi connectivity index (χ3n) is 12.4. The average Bonchev–Trinajstić information content (AvgIpc) is 3.73. The third-order valence-corrected chi connectivity index (χ3v) is 12.4. The van der Waals surface area contributed by atoms with E-state index in [9.17, 15) is 0 Å². The van der Waals surface area contributed by atoms with E-state index >= 15 is 0 Å². The molecule has 0 saturated carbocycles. The second-order valence-corrected chi connectivity index (χ2v) is 15.2. The first kappa shape index (κ1) is 31.2. The number of rotatable bonds is 4. The highest BCUT2D eigenvalue weighted by Crippen LogP contribution is 2.64. The Labute approximate surface area is 326 Å². The van der Waals surface area contributed by atoms with Crippen LogP contribution >= 0.6 is 0 Å². The normalized spacial score (nSPS) is 14.9. The van der Waals surface area contributed by atoms with Gasteiger partial charge >= 0.3 is 0 Å². The van der Waals surface area contributed by atoms with E-state index in [-0.39, 0.29) is 0 Å². The number of benzene rings is 10. The van der Waals surface area contributed by atoms with Crippen molar-refractivity contribution in [3.63, 3.8) is 0 Å². The first-order chi connectivity index (χ1) is 27.8. The van der Waals surface area contributed by atoms with Crippen molar-refractivity contribution in [3.05, 3.63) is 235 Å². The number of hydrogen-bond acceptors (Lipinski definition) is 1. The van der Waals surface area contributed by atoms with Crippen LogP contribution in [0.4, 0.5) is 17.1 Å². The van der Waals surface area contributed by atoms with Gasteiger partial charge in [0.1, 0.15) is 0 Å². The lowest BCUT2D eigenvalue weighted by molar-refractivity contribution is 0.795. The lowest BCUT2D eigenvalue weighted by Crippen LogP contribution is -2.25. The van der Waals surface area contributed by atoms with Gasteiger partial charge in [0.2, 0.25) is 0 Å². The summed E-state index contributed by atoms with van der Waals surface area (Å²) < 4.78 is 0. The van der Waals surface area contributed by atoms with Gasteiger partial charge in [-0.3, -0.25) is 0 Å². The largest absolute Gasteiger partial charge is 0.311 e. The van der Waals surface area contributed by atoms with Crippen LogP contribution in [0.15, 0.2) is 212 Å². The fourth-order valence-corrected chi connectivity index (χ4v) is 10.1. The van der Waals surface area contributed by atoms with Crippen molar-refractivity contribution >= 4 is 49.4 Å². The van der Waals surface area contributed by atoms with Crippen LogP contribution in [0.2, 0.25) is 0 Å². The van der Waals surface area contributed by atoms with Crippen LogP contribution in [0.3, 0.4) is 0 Å². The van der Waals surface area contributed by atoms with E-state index in [1.165, 1.54) is 88.0 Å². The quantitative estimate of drug-likeness (QED) is 0.164. The number of fused-ring (bicyclic) bond motifs is 16. The molecule has 260 valence electrons. The van der Waals surface area contributed by atoms with E-state index in [0.29, 0.717) is 0 Å². The van der Waals surface area contributed by atoms with E-state index < -0.39 is 5.41 Å². The zero-order chi connectivity index (χ0) is 36.8. The number of nitrogens with zero attached hydrogens (tertiary/aromatic N) is 1. The Kier molecular flexibility index (Phi) is 6.62. The van der Waals surface area contributed by atoms with Crippen molar-refractivity contribution in [2.75, 3.05) is 4.90 Å². The number of anilines is 3. The summed E-state index contributed by atoms with van der Waals surface area (Å²) in [5, 5.41) is 7.83.